The Hall–Kier alpha value is -2.13. The molecule has 3 aromatic rings. The van der Waals surface area contributed by atoms with E-state index in [2.05, 4.69) is 35.6 Å². The van der Waals surface area contributed by atoms with Crippen molar-refractivity contribution >= 4 is 33.6 Å². The van der Waals surface area contributed by atoms with Gasteiger partial charge >= 0.3 is 0 Å². The van der Waals surface area contributed by atoms with Gasteiger partial charge in [-0.15, -0.1) is 10.2 Å². The minimum atomic E-state index is 0.273. The van der Waals surface area contributed by atoms with Gasteiger partial charge in [0, 0.05) is 23.3 Å². The molecule has 0 atom stereocenters. The molecule has 0 bridgehead atoms. The van der Waals surface area contributed by atoms with Gasteiger partial charge in [-0.3, -0.25) is 4.57 Å². The van der Waals surface area contributed by atoms with E-state index in [-0.39, 0.29) is 6.79 Å². The Morgan fingerprint density at radius 2 is 1.93 bits per heavy atom. The van der Waals surface area contributed by atoms with Crippen molar-refractivity contribution in [2.75, 3.05) is 24.8 Å². The Bertz CT molecular complexity index is 970. The van der Waals surface area contributed by atoms with Crippen molar-refractivity contribution < 1.29 is 13.9 Å². The van der Waals surface area contributed by atoms with Crippen molar-refractivity contribution in [1.82, 2.24) is 14.8 Å². The van der Waals surface area contributed by atoms with E-state index in [1.807, 2.05) is 24.3 Å². The molecule has 4 heterocycles. The molecule has 146 valence electrons. The van der Waals surface area contributed by atoms with E-state index < -0.39 is 0 Å². The number of halogens is 1. The third-order valence-electron chi connectivity index (χ3n) is 4.88. The molecular weight excluding hydrogens is 444 g/mol. The number of aromatic nitrogens is 3. The molecule has 0 N–H and O–H groups in total. The highest BCUT2D eigenvalue weighted by atomic mass is 79.9. The molecule has 0 radical (unpaired) electrons. The van der Waals surface area contributed by atoms with Gasteiger partial charge in [0.2, 0.25) is 12.7 Å². The van der Waals surface area contributed by atoms with Crippen LogP contribution in [0.25, 0.3) is 0 Å². The predicted molar refractivity (Wildman–Crippen MR) is 109 cm³/mol. The van der Waals surface area contributed by atoms with E-state index in [0.29, 0.717) is 6.54 Å². The van der Waals surface area contributed by atoms with Crippen LogP contribution in [0.4, 0.5) is 5.95 Å². The maximum Gasteiger partial charge on any atom is 0.231 e. The van der Waals surface area contributed by atoms with Gasteiger partial charge in [-0.2, -0.15) is 0 Å². The Morgan fingerprint density at radius 1 is 1.11 bits per heavy atom. The lowest BCUT2D eigenvalue weighted by molar-refractivity contribution is 0.174. The second kappa shape index (κ2) is 7.71. The molecule has 2 aliphatic heterocycles. The molecule has 0 amide bonds. The summed E-state index contributed by atoms with van der Waals surface area (Å²) in [5, 5.41) is 9.85. The van der Waals surface area contributed by atoms with Gasteiger partial charge < -0.3 is 18.8 Å². The van der Waals surface area contributed by atoms with Gasteiger partial charge in [0.25, 0.3) is 0 Å². The molecule has 0 spiro atoms. The Labute approximate surface area is 175 Å². The lowest BCUT2D eigenvalue weighted by atomic mass is 10.2. The van der Waals surface area contributed by atoms with E-state index >= 15 is 0 Å². The third-order valence-corrected chi connectivity index (χ3v) is 6.63. The first-order chi connectivity index (χ1) is 13.8. The zero-order chi connectivity index (χ0) is 18.9. The zero-order valence-electron chi connectivity index (χ0n) is 15.1. The number of hydrogen-bond donors (Lipinski definition) is 0. The molecule has 2 aliphatic rings. The second-order valence-electron chi connectivity index (χ2n) is 6.73. The number of rotatable bonds is 6. The smallest absolute Gasteiger partial charge is 0.231 e. The quantitative estimate of drug-likeness (QED) is 0.505. The monoisotopic (exact) mass is 462 g/mol. The summed E-state index contributed by atoms with van der Waals surface area (Å²) in [6.45, 7) is 2.94. The van der Waals surface area contributed by atoms with Crippen molar-refractivity contribution in [2.24, 2.45) is 0 Å². The van der Waals surface area contributed by atoms with Crippen molar-refractivity contribution in [3.05, 3.63) is 46.3 Å². The Balaban J connectivity index is 1.40. The van der Waals surface area contributed by atoms with Crippen molar-refractivity contribution in [1.29, 1.82) is 0 Å². The molecule has 1 fully saturated rings. The Morgan fingerprint density at radius 3 is 2.71 bits per heavy atom. The van der Waals surface area contributed by atoms with Crippen LogP contribution in [0.1, 0.15) is 24.2 Å². The molecule has 7 nitrogen and oxygen atoms in total. The number of hydrogen-bond acceptors (Lipinski definition) is 7. The van der Waals surface area contributed by atoms with E-state index in [9.17, 15) is 0 Å². The predicted octanol–water partition coefficient (Wildman–Crippen LogP) is 4.30. The number of ether oxygens (including phenoxy) is 2. The van der Waals surface area contributed by atoms with E-state index in [0.717, 1.165) is 57.2 Å². The molecule has 0 unspecified atom stereocenters. The molecule has 28 heavy (non-hydrogen) atoms. The number of fused-ring (bicyclic) bond motifs is 1. The fraction of sp³-hybridized carbons (Fsp3) is 0.368. The molecule has 0 aliphatic carbocycles. The highest BCUT2D eigenvalue weighted by Crippen LogP contribution is 2.39. The highest BCUT2D eigenvalue weighted by molar-refractivity contribution is 9.10. The number of anilines is 1. The third kappa shape index (κ3) is 3.48. The topological polar surface area (TPSA) is 65.6 Å². The maximum atomic E-state index is 5.57. The highest BCUT2D eigenvalue weighted by Gasteiger charge is 2.23. The summed E-state index contributed by atoms with van der Waals surface area (Å²) in [6, 6.07) is 7.87. The van der Waals surface area contributed by atoms with Crippen LogP contribution < -0.4 is 14.4 Å². The SMILES string of the molecule is Brc1cc2c(cc1CSc1nnc(N3CCCC3)n1Cc1ccco1)OCO2. The first kappa shape index (κ1) is 17.9. The van der Waals surface area contributed by atoms with Crippen LogP contribution in [-0.4, -0.2) is 34.6 Å². The number of thioether (sulfide) groups is 1. The summed E-state index contributed by atoms with van der Waals surface area (Å²) >= 11 is 5.29. The van der Waals surface area contributed by atoms with E-state index in [4.69, 9.17) is 13.9 Å². The molecule has 2 aromatic heterocycles. The van der Waals surface area contributed by atoms with Crippen molar-refractivity contribution in [3.8, 4) is 11.5 Å². The molecule has 1 aromatic carbocycles. The van der Waals surface area contributed by atoms with E-state index in [1.165, 1.54) is 12.8 Å². The molecule has 5 rings (SSSR count). The van der Waals surface area contributed by atoms with Crippen LogP contribution in [0, 0.1) is 0 Å². The summed E-state index contributed by atoms with van der Waals surface area (Å²) in [5.74, 6) is 4.12. The number of nitrogens with zero attached hydrogens (tertiary/aromatic N) is 4. The summed E-state index contributed by atoms with van der Waals surface area (Å²) in [7, 11) is 0. The van der Waals surface area contributed by atoms with Crippen molar-refractivity contribution in [2.45, 2.75) is 30.3 Å². The molecule has 9 heteroatoms. The minimum Gasteiger partial charge on any atom is -0.467 e. The largest absolute Gasteiger partial charge is 0.467 e. The normalized spacial score (nSPS) is 15.5. The first-order valence-corrected chi connectivity index (χ1v) is 11.0. The summed E-state index contributed by atoms with van der Waals surface area (Å²) in [5.41, 5.74) is 1.13. The maximum absolute atomic E-state index is 5.57. The van der Waals surface area contributed by atoms with Crippen LogP contribution in [0.5, 0.6) is 11.5 Å². The van der Waals surface area contributed by atoms with E-state index in [1.54, 1.807) is 18.0 Å². The summed E-state index contributed by atoms with van der Waals surface area (Å²) in [4.78, 5) is 2.30. The zero-order valence-corrected chi connectivity index (χ0v) is 17.5. The number of benzene rings is 1. The number of furan rings is 1. The van der Waals surface area contributed by atoms with Gasteiger partial charge in [-0.25, -0.2) is 0 Å². The van der Waals surface area contributed by atoms with Crippen LogP contribution in [-0.2, 0) is 12.3 Å². The first-order valence-electron chi connectivity index (χ1n) is 9.19. The molecule has 1 saturated heterocycles. The summed E-state index contributed by atoms with van der Waals surface area (Å²) < 4.78 is 19.7. The molecule has 0 saturated carbocycles. The van der Waals surface area contributed by atoms with Gasteiger partial charge in [0.05, 0.1) is 12.8 Å². The summed E-state index contributed by atoms with van der Waals surface area (Å²) in [6.07, 6.45) is 4.09. The fourth-order valence-corrected chi connectivity index (χ4v) is 5.02. The van der Waals surface area contributed by atoms with Gasteiger partial charge in [0.15, 0.2) is 16.7 Å². The fourth-order valence-electron chi connectivity index (χ4n) is 3.45. The second-order valence-corrected chi connectivity index (χ2v) is 8.52. The molecular formula is C19H19BrN4O3S. The lowest BCUT2D eigenvalue weighted by Gasteiger charge is -2.17. The average molecular weight is 463 g/mol. The minimum absolute atomic E-state index is 0.273. The van der Waals surface area contributed by atoms with Crippen molar-refractivity contribution in [3.63, 3.8) is 0 Å². The van der Waals surface area contributed by atoms with Crippen LogP contribution in [0.3, 0.4) is 0 Å². The standard InChI is InChI=1S/C19H19BrN4O3S/c20-15-9-17-16(26-12-27-17)8-13(15)11-28-19-22-21-18(23-5-1-2-6-23)24(19)10-14-4-3-7-25-14/h3-4,7-9H,1-2,5-6,10-12H2. The lowest BCUT2D eigenvalue weighted by Crippen LogP contribution is -2.22. The van der Waals surface area contributed by atoms with Crippen LogP contribution >= 0.6 is 27.7 Å². The van der Waals surface area contributed by atoms with Gasteiger partial charge in [-0.1, -0.05) is 27.7 Å². The van der Waals surface area contributed by atoms with Gasteiger partial charge in [0.1, 0.15) is 5.76 Å². The Kier molecular flexibility index (Phi) is 4.94. The van der Waals surface area contributed by atoms with Crippen LogP contribution in [0.2, 0.25) is 0 Å². The van der Waals surface area contributed by atoms with Gasteiger partial charge in [-0.05, 0) is 42.7 Å². The van der Waals surface area contributed by atoms with Crippen LogP contribution in [0.15, 0.2) is 44.6 Å². The average Bonchev–Trinajstić information content (AvgIpc) is 3.48.